The fraction of sp³-hybridized carbons (Fsp3) is 0.571. The number of aliphatic hydroxyl groups is 1. The van der Waals surface area contributed by atoms with Crippen molar-refractivity contribution in [1.29, 1.82) is 0 Å². The van der Waals surface area contributed by atoms with Gasteiger partial charge in [-0.25, -0.2) is 0 Å². The Bertz CT molecular complexity index is 426. The van der Waals surface area contributed by atoms with Crippen molar-refractivity contribution in [3.05, 3.63) is 23.8 Å². The topological polar surface area (TPSA) is 49.5 Å². The maximum atomic E-state index is 10.0. The van der Waals surface area contributed by atoms with Gasteiger partial charge in [-0.3, -0.25) is 0 Å². The maximum absolute atomic E-state index is 10.0. The first-order chi connectivity index (χ1) is 7.83. The van der Waals surface area contributed by atoms with Gasteiger partial charge in [-0.1, -0.05) is 6.92 Å². The molecule has 1 aromatic rings. The Labute approximate surface area is 103 Å². The number of nitrogen functional groups attached to an aromatic ring is 1. The predicted octanol–water partition coefficient (Wildman–Crippen LogP) is 2.70. The molecule has 0 amide bonds. The third-order valence-corrected chi connectivity index (χ3v) is 3.67. The molecule has 0 aliphatic carbocycles. The zero-order valence-corrected chi connectivity index (χ0v) is 11.1. The van der Waals surface area contributed by atoms with Crippen LogP contribution in [-0.4, -0.2) is 16.9 Å². The largest absolute Gasteiger partial charge is 0.399 e. The molecule has 3 nitrogen and oxygen atoms in total. The van der Waals surface area contributed by atoms with E-state index in [-0.39, 0.29) is 5.54 Å². The van der Waals surface area contributed by atoms with Gasteiger partial charge >= 0.3 is 0 Å². The third-order valence-electron chi connectivity index (χ3n) is 3.67. The number of aliphatic hydroxyl groups excluding tert-OH is 1. The van der Waals surface area contributed by atoms with Crippen LogP contribution in [0.25, 0.3) is 0 Å². The molecule has 0 spiro atoms. The summed E-state index contributed by atoms with van der Waals surface area (Å²) in [5.41, 5.74) is 8.96. The van der Waals surface area contributed by atoms with Crippen LogP contribution in [-0.2, 0) is 0 Å². The first-order valence-electron chi connectivity index (χ1n) is 6.20. The Morgan fingerprint density at radius 3 is 2.71 bits per heavy atom. The molecule has 0 radical (unpaired) electrons. The van der Waals surface area contributed by atoms with Gasteiger partial charge in [0.15, 0.2) is 0 Å². The van der Waals surface area contributed by atoms with Gasteiger partial charge < -0.3 is 15.7 Å². The van der Waals surface area contributed by atoms with Crippen molar-refractivity contribution in [1.82, 2.24) is 0 Å². The van der Waals surface area contributed by atoms with Gasteiger partial charge in [0.05, 0.1) is 0 Å². The molecule has 94 valence electrons. The van der Waals surface area contributed by atoms with Gasteiger partial charge in [0, 0.05) is 16.9 Å². The smallest absolute Gasteiger partial charge is 0.124 e. The maximum Gasteiger partial charge on any atom is 0.124 e. The van der Waals surface area contributed by atoms with Gasteiger partial charge in [0.1, 0.15) is 6.23 Å². The van der Waals surface area contributed by atoms with Crippen molar-refractivity contribution >= 4 is 11.4 Å². The molecule has 0 fully saturated rings. The number of hydrogen-bond donors (Lipinski definition) is 2. The van der Waals surface area contributed by atoms with Crippen molar-refractivity contribution in [2.45, 2.75) is 51.8 Å². The quantitative estimate of drug-likeness (QED) is 0.734. The molecular weight excluding hydrogens is 212 g/mol. The van der Waals surface area contributed by atoms with Gasteiger partial charge in [-0.15, -0.1) is 0 Å². The molecule has 0 saturated carbocycles. The molecule has 1 aliphatic heterocycles. The van der Waals surface area contributed by atoms with E-state index in [4.69, 9.17) is 5.73 Å². The number of benzene rings is 1. The molecule has 17 heavy (non-hydrogen) atoms. The SMILES string of the molecule is CC1CC(C)(C)N(C(C)O)c2ccc(N)cc21. The van der Waals surface area contributed by atoms with Crippen LogP contribution in [0.2, 0.25) is 0 Å². The van der Waals surface area contributed by atoms with Crippen LogP contribution in [0, 0.1) is 0 Å². The Balaban J connectivity index is 2.57. The molecular formula is C14H22N2O. The highest BCUT2D eigenvalue weighted by Crippen LogP contribution is 2.44. The van der Waals surface area contributed by atoms with E-state index < -0.39 is 6.23 Å². The first kappa shape index (κ1) is 12.2. The van der Waals surface area contributed by atoms with E-state index in [1.54, 1.807) is 0 Å². The van der Waals surface area contributed by atoms with Crippen molar-refractivity contribution in [2.75, 3.05) is 10.6 Å². The van der Waals surface area contributed by atoms with Crippen LogP contribution in [0.3, 0.4) is 0 Å². The summed E-state index contributed by atoms with van der Waals surface area (Å²) in [5.74, 6) is 0.471. The van der Waals surface area contributed by atoms with Gasteiger partial charge in [0.2, 0.25) is 0 Å². The summed E-state index contributed by atoms with van der Waals surface area (Å²) >= 11 is 0. The minimum atomic E-state index is -0.486. The van der Waals surface area contributed by atoms with Crippen LogP contribution in [0.15, 0.2) is 18.2 Å². The van der Waals surface area contributed by atoms with Crippen LogP contribution >= 0.6 is 0 Å². The minimum absolute atomic E-state index is 0.0311. The van der Waals surface area contributed by atoms with Crippen molar-refractivity contribution in [2.24, 2.45) is 0 Å². The Hall–Kier alpha value is -1.22. The van der Waals surface area contributed by atoms with E-state index in [9.17, 15) is 5.11 Å². The highest BCUT2D eigenvalue weighted by Gasteiger charge is 2.38. The summed E-state index contributed by atoms with van der Waals surface area (Å²) in [6.45, 7) is 8.39. The second kappa shape index (κ2) is 3.91. The van der Waals surface area contributed by atoms with Gasteiger partial charge in [-0.05, 0) is 56.9 Å². The van der Waals surface area contributed by atoms with E-state index >= 15 is 0 Å². The lowest BCUT2D eigenvalue weighted by molar-refractivity contribution is 0.150. The lowest BCUT2D eigenvalue weighted by atomic mass is 9.80. The number of nitrogens with zero attached hydrogens (tertiary/aromatic N) is 1. The Kier molecular flexibility index (Phi) is 2.82. The highest BCUT2D eigenvalue weighted by atomic mass is 16.3. The lowest BCUT2D eigenvalue weighted by Gasteiger charge is -2.49. The zero-order chi connectivity index (χ0) is 12.8. The molecule has 0 saturated heterocycles. The standard InChI is InChI=1S/C14H22N2O/c1-9-8-14(3,4)16(10(2)17)13-6-5-11(15)7-12(9)13/h5-7,9-10,17H,8,15H2,1-4H3. The number of fused-ring (bicyclic) bond motifs is 1. The number of anilines is 2. The Morgan fingerprint density at radius 2 is 2.12 bits per heavy atom. The summed E-state index contributed by atoms with van der Waals surface area (Å²) in [7, 11) is 0. The van der Waals surface area contributed by atoms with Crippen molar-refractivity contribution in [3.63, 3.8) is 0 Å². The fourth-order valence-corrected chi connectivity index (χ4v) is 3.18. The van der Waals surface area contributed by atoms with E-state index in [2.05, 4.69) is 25.7 Å². The molecule has 2 rings (SSSR count). The molecule has 0 bridgehead atoms. The van der Waals surface area contributed by atoms with Crippen LogP contribution in [0.4, 0.5) is 11.4 Å². The second-order valence-corrected chi connectivity index (χ2v) is 5.74. The average molecular weight is 234 g/mol. The van der Waals surface area contributed by atoms with E-state index in [0.717, 1.165) is 17.8 Å². The van der Waals surface area contributed by atoms with Crippen molar-refractivity contribution in [3.8, 4) is 0 Å². The number of nitrogens with two attached hydrogens (primary N) is 1. The molecule has 1 aliphatic rings. The van der Waals surface area contributed by atoms with Crippen LogP contribution in [0.5, 0.6) is 0 Å². The molecule has 2 unspecified atom stereocenters. The third kappa shape index (κ3) is 2.00. The normalized spacial score (nSPS) is 24.3. The molecule has 3 heteroatoms. The summed E-state index contributed by atoms with van der Waals surface area (Å²) in [5, 5.41) is 10.0. The molecule has 1 aromatic carbocycles. The zero-order valence-electron chi connectivity index (χ0n) is 11.1. The molecule has 3 N–H and O–H groups in total. The van der Waals surface area contributed by atoms with Gasteiger partial charge in [-0.2, -0.15) is 0 Å². The minimum Gasteiger partial charge on any atom is -0.399 e. The summed E-state index contributed by atoms with van der Waals surface area (Å²) in [4.78, 5) is 2.09. The monoisotopic (exact) mass is 234 g/mol. The Morgan fingerprint density at radius 1 is 1.47 bits per heavy atom. The van der Waals surface area contributed by atoms with Crippen molar-refractivity contribution < 1.29 is 5.11 Å². The van der Waals surface area contributed by atoms with E-state index in [1.807, 2.05) is 25.1 Å². The molecule has 0 aromatic heterocycles. The summed E-state index contributed by atoms with van der Waals surface area (Å²) < 4.78 is 0. The van der Waals surface area contributed by atoms with Crippen LogP contribution < -0.4 is 10.6 Å². The van der Waals surface area contributed by atoms with Gasteiger partial charge in [0.25, 0.3) is 0 Å². The summed E-state index contributed by atoms with van der Waals surface area (Å²) in [6.07, 6.45) is 0.536. The lowest BCUT2D eigenvalue weighted by Crippen LogP contribution is -2.52. The van der Waals surface area contributed by atoms with Crippen LogP contribution in [0.1, 0.15) is 45.6 Å². The fourth-order valence-electron chi connectivity index (χ4n) is 3.18. The van der Waals surface area contributed by atoms with E-state index in [0.29, 0.717) is 5.92 Å². The summed E-state index contributed by atoms with van der Waals surface area (Å²) in [6, 6.07) is 5.96. The highest BCUT2D eigenvalue weighted by molar-refractivity contribution is 5.64. The average Bonchev–Trinajstić information content (AvgIpc) is 2.17. The number of hydrogen-bond acceptors (Lipinski definition) is 3. The second-order valence-electron chi connectivity index (χ2n) is 5.74. The first-order valence-corrected chi connectivity index (χ1v) is 6.20. The number of rotatable bonds is 1. The molecule has 2 atom stereocenters. The predicted molar refractivity (Wildman–Crippen MR) is 72.1 cm³/mol. The van der Waals surface area contributed by atoms with E-state index in [1.165, 1.54) is 5.56 Å². The molecule has 1 heterocycles.